The molecule has 9 nitrogen and oxygen atoms in total. The second-order valence-corrected chi connectivity index (χ2v) is 8.71. The molecule has 32 heavy (non-hydrogen) atoms. The Morgan fingerprint density at radius 3 is 2.88 bits per heavy atom. The molecule has 1 unspecified atom stereocenters. The lowest BCUT2D eigenvalue weighted by Gasteiger charge is -2.39. The first-order valence-corrected chi connectivity index (χ1v) is 10.7. The number of aromatic nitrogens is 4. The molecule has 0 radical (unpaired) electrons. The van der Waals surface area contributed by atoms with E-state index in [1.165, 1.54) is 12.1 Å². The molecule has 1 amide bonds. The van der Waals surface area contributed by atoms with E-state index in [1.807, 2.05) is 12.3 Å². The Kier molecular flexibility index (Phi) is 5.26. The number of amides is 1. The van der Waals surface area contributed by atoms with Gasteiger partial charge in [0.2, 0.25) is 5.91 Å². The van der Waals surface area contributed by atoms with E-state index in [0.29, 0.717) is 19.5 Å². The van der Waals surface area contributed by atoms with Gasteiger partial charge in [0.15, 0.2) is 0 Å². The average molecular weight is 440 g/mol. The highest BCUT2D eigenvalue weighted by Gasteiger charge is 2.55. The predicted octanol–water partition coefficient (Wildman–Crippen LogP) is 1.31. The molecule has 0 bridgehead atoms. The lowest BCUT2D eigenvalue weighted by Crippen LogP contribution is -2.51. The first-order valence-electron chi connectivity index (χ1n) is 10.7. The summed E-state index contributed by atoms with van der Waals surface area (Å²) in [5.74, 6) is -0.0532. The number of hydrogen-bond donors (Lipinski definition) is 4. The van der Waals surface area contributed by atoms with Gasteiger partial charge in [-0.15, -0.1) is 0 Å². The fourth-order valence-corrected chi connectivity index (χ4v) is 4.80. The number of aromatic amines is 1. The molecule has 3 aromatic rings. The number of rotatable bonds is 6. The Labute approximate surface area is 183 Å². The number of fused-ring (bicyclic) bond motifs is 1. The smallest absolute Gasteiger partial charge is 0.224 e. The van der Waals surface area contributed by atoms with Crippen LogP contribution in [0.3, 0.4) is 0 Å². The highest BCUT2D eigenvalue weighted by molar-refractivity contribution is 5.87. The lowest BCUT2D eigenvalue weighted by atomic mass is 9.81. The predicted molar refractivity (Wildman–Crippen MR) is 114 cm³/mol. The van der Waals surface area contributed by atoms with Crippen molar-refractivity contribution in [3.8, 4) is 0 Å². The van der Waals surface area contributed by atoms with Crippen LogP contribution in [0.15, 0.2) is 36.9 Å². The molecule has 3 atom stereocenters. The fourth-order valence-electron chi connectivity index (χ4n) is 4.80. The Bertz CT molecular complexity index is 1120. The first-order chi connectivity index (χ1) is 15.5. The van der Waals surface area contributed by atoms with Crippen LogP contribution in [-0.4, -0.2) is 61.8 Å². The number of nitrogens with zero attached hydrogens (tertiary/aromatic N) is 4. The van der Waals surface area contributed by atoms with Crippen LogP contribution in [0.25, 0.3) is 11.0 Å². The zero-order chi connectivity index (χ0) is 22.3. The van der Waals surface area contributed by atoms with Crippen molar-refractivity contribution >= 4 is 22.8 Å². The summed E-state index contributed by atoms with van der Waals surface area (Å²) in [6.07, 6.45) is 5.67. The Balaban J connectivity index is 1.29. The van der Waals surface area contributed by atoms with Gasteiger partial charge in [-0.3, -0.25) is 9.78 Å². The maximum Gasteiger partial charge on any atom is 0.224 e. The maximum absolute atomic E-state index is 13.2. The van der Waals surface area contributed by atoms with Gasteiger partial charge in [-0.1, -0.05) is 0 Å². The van der Waals surface area contributed by atoms with Crippen LogP contribution in [0, 0.1) is 17.2 Å². The third-order valence-electron chi connectivity index (χ3n) is 6.73. The van der Waals surface area contributed by atoms with Gasteiger partial charge < -0.3 is 25.4 Å². The van der Waals surface area contributed by atoms with E-state index in [-0.39, 0.29) is 22.9 Å². The van der Waals surface area contributed by atoms with Crippen LogP contribution in [0.2, 0.25) is 0 Å². The van der Waals surface area contributed by atoms with Crippen molar-refractivity contribution in [1.29, 1.82) is 0 Å². The second kappa shape index (κ2) is 8.10. The fraction of sp³-hybridized carbons (Fsp3) is 0.455. The Morgan fingerprint density at radius 2 is 2.16 bits per heavy atom. The van der Waals surface area contributed by atoms with E-state index in [2.05, 4.69) is 30.2 Å². The van der Waals surface area contributed by atoms with Gasteiger partial charge in [-0.2, -0.15) is 0 Å². The topological polar surface area (TPSA) is 127 Å². The molecule has 1 saturated carbocycles. The first kappa shape index (κ1) is 20.8. The molecule has 5 rings (SSSR count). The van der Waals surface area contributed by atoms with Crippen LogP contribution < -0.4 is 10.2 Å². The number of piperidine rings is 1. The summed E-state index contributed by atoms with van der Waals surface area (Å²) in [6, 6.07) is 3.57. The van der Waals surface area contributed by atoms with Crippen LogP contribution in [0.5, 0.6) is 0 Å². The number of aliphatic hydroxyl groups is 2. The SMILES string of the molecule is O=C(N[C@@H](CO)[C@@H](O)c1ccc(F)cn1)C1CCN(c2ncnc3[nH]ccc23)CC12CC2. The largest absolute Gasteiger partial charge is 0.394 e. The molecule has 0 aromatic carbocycles. The lowest BCUT2D eigenvalue weighted by molar-refractivity contribution is -0.130. The van der Waals surface area contributed by atoms with Crippen molar-refractivity contribution in [3.05, 3.63) is 48.4 Å². The van der Waals surface area contributed by atoms with E-state index >= 15 is 0 Å². The minimum atomic E-state index is -1.23. The zero-order valence-corrected chi connectivity index (χ0v) is 17.4. The summed E-state index contributed by atoms with van der Waals surface area (Å²) in [5, 5.41) is 24.1. The Morgan fingerprint density at radius 1 is 1.31 bits per heavy atom. The van der Waals surface area contributed by atoms with Crippen LogP contribution >= 0.6 is 0 Å². The van der Waals surface area contributed by atoms with Gasteiger partial charge in [0, 0.05) is 25.2 Å². The summed E-state index contributed by atoms with van der Waals surface area (Å²) < 4.78 is 13.1. The molecule has 1 saturated heterocycles. The molecule has 168 valence electrons. The van der Waals surface area contributed by atoms with Gasteiger partial charge in [-0.25, -0.2) is 14.4 Å². The summed E-state index contributed by atoms with van der Waals surface area (Å²) >= 11 is 0. The number of halogens is 1. The normalized spacial score (nSPS) is 21.5. The zero-order valence-electron chi connectivity index (χ0n) is 17.4. The third-order valence-corrected chi connectivity index (χ3v) is 6.73. The number of aliphatic hydroxyl groups excluding tert-OH is 2. The van der Waals surface area contributed by atoms with E-state index in [9.17, 15) is 19.4 Å². The van der Waals surface area contributed by atoms with Crippen molar-refractivity contribution in [1.82, 2.24) is 25.3 Å². The summed E-state index contributed by atoms with van der Waals surface area (Å²) in [4.78, 5) is 31.1. The molecule has 1 aliphatic carbocycles. The van der Waals surface area contributed by atoms with Gasteiger partial charge >= 0.3 is 0 Å². The minimum absolute atomic E-state index is 0.144. The Hall–Kier alpha value is -3.11. The third kappa shape index (κ3) is 3.69. The van der Waals surface area contributed by atoms with Crippen LogP contribution in [0.1, 0.15) is 31.1 Å². The highest BCUT2D eigenvalue weighted by Crippen LogP contribution is 2.56. The number of H-pyrrole nitrogens is 1. The number of carbonyl (C=O) groups is 1. The summed E-state index contributed by atoms with van der Waals surface area (Å²) in [7, 11) is 0. The second-order valence-electron chi connectivity index (χ2n) is 8.71. The number of anilines is 1. The average Bonchev–Trinajstić information content (AvgIpc) is 3.38. The quantitative estimate of drug-likeness (QED) is 0.455. The van der Waals surface area contributed by atoms with E-state index in [1.54, 1.807) is 6.33 Å². The van der Waals surface area contributed by atoms with Crippen molar-refractivity contribution in [3.63, 3.8) is 0 Å². The number of nitrogens with one attached hydrogen (secondary N) is 2. The molecule has 2 fully saturated rings. The molecule has 1 aliphatic heterocycles. The molecule has 1 spiro atoms. The maximum atomic E-state index is 13.2. The molecule has 4 heterocycles. The molecular weight excluding hydrogens is 415 g/mol. The van der Waals surface area contributed by atoms with Gasteiger partial charge in [0.05, 0.1) is 29.9 Å². The van der Waals surface area contributed by atoms with E-state index in [0.717, 1.165) is 35.9 Å². The van der Waals surface area contributed by atoms with E-state index in [4.69, 9.17) is 0 Å². The molecule has 2 aliphatic rings. The highest BCUT2D eigenvalue weighted by atomic mass is 19.1. The van der Waals surface area contributed by atoms with Crippen molar-refractivity contribution < 1.29 is 19.4 Å². The number of carbonyl (C=O) groups excluding carboxylic acids is 1. The van der Waals surface area contributed by atoms with Gasteiger partial charge in [-0.05, 0) is 42.9 Å². The van der Waals surface area contributed by atoms with Gasteiger partial charge in [0.1, 0.15) is 29.7 Å². The number of pyridine rings is 1. The minimum Gasteiger partial charge on any atom is -0.394 e. The molecule has 3 aromatic heterocycles. The summed E-state index contributed by atoms with van der Waals surface area (Å²) in [6.45, 7) is 0.932. The number of hydrogen-bond acceptors (Lipinski definition) is 7. The monoisotopic (exact) mass is 440 g/mol. The molecule has 4 N–H and O–H groups in total. The molecular formula is C22H25FN6O3. The van der Waals surface area contributed by atoms with Gasteiger partial charge in [0.25, 0.3) is 0 Å². The van der Waals surface area contributed by atoms with Crippen LogP contribution in [0.4, 0.5) is 10.2 Å². The van der Waals surface area contributed by atoms with Crippen molar-refractivity contribution in [2.75, 3.05) is 24.6 Å². The summed E-state index contributed by atoms with van der Waals surface area (Å²) in [5.41, 5.74) is 0.838. The van der Waals surface area contributed by atoms with E-state index < -0.39 is 24.6 Å². The molecule has 10 heteroatoms. The van der Waals surface area contributed by atoms with Crippen LogP contribution in [-0.2, 0) is 4.79 Å². The van der Waals surface area contributed by atoms with Crippen molar-refractivity contribution in [2.24, 2.45) is 11.3 Å². The van der Waals surface area contributed by atoms with Crippen molar-refractivity contribution in [2.45, 2.75) is 31.4 Å². The standard InChI is InChI=1S/C22H25FN6O3/c23-13-1-2-16(25-9-13)18(31)17(10-30)28-21(32)15-4-8-29(11-22(15)5-6-22)20-14-3-7-24-19(14)26-12-27-20/h1-3,7,9,12,15,17-18,30-31H,4-6,8,10-11H2,(H,28,32)(H,24,26,27)/t15?,17-,18-/m0/s1.